The number of alkyl carbamates (subject to hydrolysis) is 1. The van der Waals surface area contributed by atoms with E-state index in [9.17, 15) is 19.5 Å². The minimum absolute atomic E-state index is 0.136. The van der Waals surface area contributed by atoms with E-state index in [1.165, 1.54) is 12.1 Å². The zero-order valence-electron chi connectivity index (χ0n) is 14.4. The maximum Gasteiger partial charge on any atom is 0.408 e. The van der Waals surface area contributed by atoms with Crippen LogP contribution in [-0.2, 0) is 14.3 Å². The summed E-state index contributed by atoms with van der Waals surface area (Å²) >= 11 is 9.04. The molecule has 0 aromatic heterocycles. The van der Waals surface area contributed by atoms with Gasteiger partial charge in [0.2, 0.25) is 5.91 Å². The maximum atomic E-state index is 12.1. The Kier molecular flexibility index (Phi) is 7.70. The first kappa shape index (κ1) is 22.0. The maximum absolute atomic E-state index is 12.1. The lowest BCUT2D eigenvalue weighted by molar-refractivity contribution is -0.137. The van der Waals surface area contributed by atoms with Crippen molar-refractivity contribution in [2.24, 2.45) is 0 Å². The largest absolute Gasteiger partial charge is 0.506 e. The summed E-state index contributed by atoms with van der Waals surface area (Å²) in [6, 6.07) is 1.75. The van der Waals surface area contributed by atoms with E-state index >= 15 is 0 Å². The Bertz CT molecular complexity index is 705. The molecule has 1 aromatic rings. The topological polar surface area (TPSA) is 125 Å². The minimum atomic E-state index is -1.19. The highest BCUT2D eigenvalue weighted by molar-refractivity contribution is 9.10. The van der Waals surface area contributed by atoms with E-state index in [-0.39, 0.29) is 20.8 Å². The number of phenolic OH excluding ortho intramolecular Hbond substituents is 1. The number of carboxylic acids is 1. The van der Waals surface area contributed by atoms with E-state index < -0.39 is 42.6 Å². The Morgan fingerprint density at radius 1 is 1.31 bits per heavy atom. The molecule has 1 aromatic carbocycles. The Hall–Kier alpha value is -2.00. The number of halogens is 2. The number of aromatic hydroxyl groups is 1. The van der Waals surface area contributed by atoms with Gasteiger partial charge in [-0.15, -0.1) is 0 Å². The van der Waals surface area contributed by atoms with E-state index in [1.54, 1.807) is 20.8 Å². The third-order valence-electron chi connectivity index (χ3n) is 2.94. The molecule has 0 heterocycles. The van der Waals surface area contributed by atoms with Gasteiger partial charge in [0, 0.05) is 10.6 Å². The second-order valence-corrected chi connectivity index (χ2v) is 7.69. The quantitative estimate of drug-likeness (QED) is 0.527. The van der Waals surface area contributed by atoms with Crippen molar-refractivity contribution in [2.45, 2.75) is 38.8 Å². The van der Waals surface area contributed by atoms with Gasteiger partial charge >= 0.3 is 12.1 Å². The van der Waals surface area contributed by atoms with E-state index in [4.69, 9.17) is 21.4 Å². The Labute approximate surface area is 164 Å². The van der Waals surface area contributed by atoms with Gasteiger partial charge in [-0.1, -0.05) is 11.6 Å². The van der Waals surface area contributed by atoms with Crippen LogP contribution < -0.4 is 10.6 Å². The molecule has 0 aliphatic rings. The van der Waals surface area contributed by atoms with Crippen molar-refractivity contribution < 1.29 is 29.3 Å². The van der Waals surface area contributed by atoms with Crippen LogP contribution in [0, 0.1) is 0 Å². The highest BCUT2D eigenvalue weighted by Crippen LogP contribution is 2.36. The average Bonchev–Trinajstić information content (AvgIpc) is 2.46. The number of aliphatic carboxylic acids is 1. The van der Waals surface area contributed by atoms with Crippen molar-refractivity contribution >= 4 is 45.5 Å². The molecule has 0 aliphatic heterocycles. The summed E-state index contributed by atoms with van der Waals surface area (Å²) in [4.78, 5) is 34.7. The van der Waals surface area contributed by atoms with Gasteiger partial charge in [-0.3, -0.25) is 9.59 Å². The van der Waals surface area contributed by atoms with Crippen LogP contribution in [0.25, 0.3) is 0 Å². The molecular formula is C16H20BrClN2O6. The molecule has 0 aliphatic carbocycles. The Morgan fingerprint density at radius 2 is 1.92 bits per heavy atom. The number of amides is 2. The first-order valence-corrected chi connectivity index (χ1v) is 8.72. The van der Waals surface area contributed by atoms with Crippen LogP contribution in [0.3, 0.4) is 0 Å². The third kappa shape index (κ3) is 7.49. The normalized spacial score (nSPS) is 12.2. The van der Waals surface area contributed by atoms with Crippen LogP contribution in [0.2, 0.25) is 5.02 Å². The van der Waals surface area contributed by atoms with Gasteiger partial charge in [0.05, 0.1) is 16.9 Å². The molecular weight excluding hydrogens is 432 g/mol. The number of ether oxygens (including phenoxy) is 1. The first-order chi connectivity index (χ1) is 11.9. The van der Waals surface area contributed by atoms with Crippen LogP contribution in [0.1, 0.15) is 38.8 Å². The summed E-state index contributed by atoms with van der Waals surface area (Å²) in [5.74, 6) is -2.08. The van der Waals surface area contributed by atoms with Crippen molar-refractivity contribution in [1.82, 2.24) is 10.6 Å². The van der Waals surface area contributed by atoms with Crippen molar-refractivity contribution in [3.8, 4) is 5.75 Å². The van der Waals surface area contributed by atoms with Crippen molar-refractivity contribution in [2.75, 3.05) is 6.54 Å². The predicted octanol–water partition coefficient (Wildman–Crippen LogP) is 2.96. The lowest BCUT2D eigenvalue weighted by Crippen LogP contribution is -2.41. The van der Waals surface area contributed by atoms with Gasteiger partial charge < -0.3 is 25.6 Å². The van der Waals surface area contributed by atoms with Crippen LogP contribution in [0.4, 0.5) is 4.79 Å². The zero-order valence-corrected chi connectivity index (χ0v) is 16.8. The van der Waals surface area contributed by atoms with E-state index in [2.05, 4.69) is 26.6 Å². The average molecular weight is 452 g/mol. The van der Waals surface area contributed by atoms with E-state index in [0.717, 1.165) is 0 Å². The predicted molar refractivity (Wildman–Crippen MR) is 98.2 cm³/mol. The summed E-state index contributed by atoms with van der Waals surface area (Å²) in [6.45, 7) is 4.60. The highest BCUT2D eigenvalue weighted by atomic mass is 79.9. The lowest BCUT2D eigenvalue weighted by atomic mass is 10.0. The number of rotatable bonds is 6. The molecule has 144 valence electrons. The molecule has 1 rings (SSSR count). The van der Waals surface area contributed by atoms with E-state index in [1.807, 2.05) is 0 Å². The number of benzene rings is 1. The van der Waals surface area contributed by atoms with Gasteiger partial charge in [0.15, 0.2) is 0 Å². The summed E-state index contributed by atoms with van der Waals surface area (Å²) in [7, 11) is 0. The molecule has 0 radical (unpaired) electrons. The molecule has 10 heteroatoms. The van der Waals surface area contributed by atoms with Gasteiger partial charge in [0.25, 0.3) is 0 Å². The summed E-state index contributed by atoms with van der Waals surface area (Å²) in [5.41, 5.74) is -0.581. The second-order valence-electron chi connectivity index (χ2n) is 6.40. The molecule has 0 bridgehead atoms. The smallest absolute Gasteiger partial charge is 0.408 e. The third-order valence-corrected chi connectivity index (χ3v) is 3.76. The van der Waals surface area contributed by atoms with Gasteiger partial charge in [-0.05, 0) is 48.8 Å². The molecule has 0 unspecified atom stereocenters. The summed E-state index contributed by atoms with van der Waals surface area (Å²) in [6.07, 6.45) is -1.27. The van der Waals surface area contributed by atoms with Crippen molar-refractivity contribution in [1.29, 1.82) is 0 Å². The van der Waals surface area contributed by atoms with Crippen LogP contribution in [0.15, 0.2) is 16.6 Å². The number of carbonyl (C=O) groups excluding carboxylic acids is 2. The Morgan fingerprint density at radius 3 is 2.46 bits per heavy atom. The number of carboxylic acid groups (broad SMARTS) is 1. The zero-order chi connectivity index (χ0) is 20.1. The molecule has 0 saturated carbocycles. The molecule has 0 saturated heterocycles. The number of nitrogens with one attached hydrogen (secondary N) is 2. The van der Waals surface area contributed by atoms with Crippen molar-refractivity contribution in [3.63, 3.8) is 0 Å². The van der Waals surface area contributed by atoms with Crippen LogP contribution in [-0.4, -0.2) is 40.3 Å². The number of carbonyl (C=O) groups is 3. The lowest BCUT2D eigenvalue weighted by Gasteiger charge is -2.21. The molecule has 0 spiro atoms. The minimum Gasteiger partial charge on any atom is -0.506 e. The molecule has 0 fully saturated rings. The molecule has 1 atom stereocenters. The first-order valence-electron chi connectivity index (χ1n) is 7.55. The molecule has 2 amide bonds. The highest BCUT2D eigenvalue weighted by Gasteiger charge is 2.23. The molecule has 26 heavy (non-hydrogen) atoms. The number of hydrogen-bond donors (Lipinski definition) is 4. The number of phenols is 1. The van der Waals surface area contributed by atoms with Crippen LogP contribution >= 0.6 is 27.5 Å². The fraction of sp³-hybridized carbons (Fsp3) is 0.438. The fourth-order valence-electron chi connectivity index (χ4n) is 1.98. The Balaban J connectivity index is 2.84. The second kappa shape index (κ2) is 9.09. The standard InChI is InChI=1S/C16H20BrClN2O6/c1-16(2,3)26-15(25)19-7-12(21)20-11(6-13(22)23)9-4-8(18)5-10(17)14(9)24/h4-5,11,24H,6-7H2,1-3H3,(H,19,25)(H,20,21)(H,22,23)/t11-/m1/s1. The summed E-state index contributed by atoms with van der Waals surface area (Å²) < 4.78 is 5.27. The van der Waals surface area contributed by atoms with Gasteiger partial charge in [-0.25, -0.2) is 4.79 Å². The summed E-state index contributed by atoms with van der Waals surface area (Å²) in [5, 5.41) is 24.2. The SMILES string of the molecule is CC(C)(C)OC(=O)NCC(=O)N[C@H](CC(=O)O)c1cc(Cl)cc(Br)c1O. The van der Waals surface area contributed by atoms with Gasteiger partial charge in [0.1, 0.15) is 17.9 Å². The van der Waals surface area contributed by atoms with E-state index in [0.29, 0.717) is 0 Å². The fourth-order valence-corrected chi connectivity index (χ4v) is 2.81. The van der Waals surface area contributed by atoms with Gasteiger partial charge in [-0.2, -0.15) is 0 Å². The number of hydrogen-bond acceptors (Lipinski definition) is 5. The molecule has 4 N–H and O–H groups in total. The molecule has 8 nitrogen and oxygen atoms in total. The van der Waals surface area contributed by atoms with Crippen molar-refractivity contribution in [3.05, 3.63) is 27.2 Å². The van der Waals surface area contributed by atoms with Crippen LogP contribution in [0.5, 0.6) is 5.75 Å². The monoisotopic (exact) mass is 450 g/mol.